The van der Waals surface area contributed by atoms with Gasteiger partial charge in [-0.15, -0.1) is 0 Å². The highest BCUT2D eigenvalue weighted by Crippen LogP contribution is 2.47. The first-order valence-electron chi connectivity index (χ1n) is 8.57. The summed E-state index contributed by atoms with van der Waals surface area (Å²) in [5.74, 6) is 1.82. The van der Waals surface area contributed by atoms with Crippen molar-refractivity contribution in [3.05, 3.63) is 35.5 Å². The van der Waals surface area contributed by atoms with Crippen LogP contribution in [0.25, 0.3) is 0 Å². The molecule has 1 nitrogen and oxygen atoms in total. The highest BCUT2D eigenvalue weighted by atomic mass is 16.3. The summed E-state index contributed by atoms with van der Waals surface area (Å²) in [6.07, 6.45) is 10.1. The standard InChI is InChI=1S/C20H32O/c1-13(2)7-6-8-14(3)18-12-9-15(4)17-11-10-16(5)19(17)20(18)21/h7,10,14,17-21H,4,6,8-9,11-12H2,1-3,5H3/t14-,17+,18+,19-,20-/m1/s1. The Morgan fingerprint density at radius 3 is 2.86 bits per heavy atom. The topological polar surface area (TPSA) is 20.2 Å². The molecule has 0 bridgehead atoms. The van der Waals surface area contributed by atoms with Crippen molar-refractivity contribution in [2.45, 2.75) is 65.9 Å². The summed E-state index contributed by atoms with van der Waals surface area (Å²) >= 11 is 0. The predicted molar refractivity (Wildman–Crippen MR) is 91.1 cm³/mol. The third-order valence-corrected chi connectivity index (χ3v) is 5.69. The second kappa shape index (κ2) is 6.96. The molecule has 21 heavy (non-hydrogen) atoms. The quantitative estimate of drug-likeness (QED) is 0.698. The lowest BCUT2D eigenvalue weighted by molar-refractivity contribution is 0.0306. The van der Waals surface area contributed by atoms with Crippen LogP contribution in [0, 0.1) is 23.7 Å². The highest BCUT2D eigenvalue weighted by Gasteiger charge is 2.42. The Morgan fingerprint density at radius 1 is 1.48 bits per heavy atom. The van der Waals surface area contributed by atoms with E-state index in [0.717, 1.165) is 25.7 Å². The number of aliphatic hydroxyl groups is 1. The van der Waals surface area contributed by atoms with Gasteiger partial charge in [0.15, 0.2) is 0 Å². The van der Waals surface area contributed by atoms with Gasteiger partial charge >= 0.3 is 0 Å². The molecule has 0 aliphatic heterocycles. The maximum Gasteiger partial charge on any atom is 0.0642 e. The van der Waals surface area contributed by atoms with Crippen LogP contribution in [0.2, 0.25) is 0 Å². The number of hydrogen-bond acceptors (Lipinski definition) is 1. The molecule has 0 saturated heterocycles. The highest BCUT2D eigenvalue weighted by molar-refractivity contribution is 5.24. The van der Waals surface area contributed by atoms with Crippen molar-refractivity contribution in [3.63, 3.8) is 0 Å². The summed E-state index contributed by atoms with van der Waals surface area (Å²) in [5, 5.41) is 11.0. The molecule has 2 rings (SSSR count). The van der Waals surface area contributed by atoms with Gasteiger partial charge in [0, 0.05) is 5.92 Å². The molecule has 0 aromatic carbocycles. The zero-order valence-corrected chi connectivity index (χ0v) is 14.2. The van der Waals surface area contributed by atoms with Gasteiger partial charge in [-0.3, -0.25) is 0 Å². The summed E-state index contributed by atoms with van der Waals surface area (Å²) in [4.78, 5) is 0. The van der Waals surface area contributed by atoms with Crippen molar-refractivity contribution in [1.29, 1.82) is 0 Å². The molecule has 0 aromatic rings. The molecule has 2 aliphatic rings. The van der Waals surface area contributed by atoms with E-state index in [4.69, 9.17) is 0 Å². The normalized spacial score (nSPS) is 34.0. The third kappa shape index (κ3) is 3.69. The van der Waals surface area contributed by atoms with Crippen molar-refractivity contribution >= 4 is 0 Å². The van der Waals surface area contributed by atoms with Crippen molar-refractivity contribution in [2.24, 2.45) is 23.7 Å². The lowest BCUT2D eigenvalue weighted by atomic mass is 9.76. The minimum Gasteiger partial charge on any atom is -0.392 e. The second-order valence-electron chi connectivity index (χ2n) is 7.50. The molecule has 0 spiro atoms. The van der Waals surface area contributed by atoms with Crippen molar-refractivity contribution in [2.75, 3.05) is 0 Å². The summed E-state index contributed by atoms with van der Waals surface area (Å²) in [6.45, 7) is 13.1. The summed E-state index contributed by atoms with van der Waals surface area (Å²) in [7, 11) is 0. The van der Waals surface area contributed by atoms with Crippen LogP contribution in [-0.2, 0) is 0 Å². The van der Waals surface area contributed by atoms with Gasteiger partial charge < -0.3 is 5.11 Å². The summed E-state index contributed by atoms with van der Waals surface area (Å²) < 4.78 is 0. The van der Waals surface area contributed by atoms with Gasteiger partial charge in [0.2, 0.25) is 0 Å². The maximum absolute atomic E-state index is 11.0. The molecular weight excluding hydrogens is 256 g/mol. The van der Waals surface area contributed by atoms with Crippen LogP contribution in [0.3, 0.4) is 0 Å². The van der Waals surface area contributed by atoms with Crippen LogP contribution >= 0.6 is 0 Å². The van der Waals surface area contributed by atoms with Gasteiger partial charge in [0.25, 0.3) is 0 Å². The molecule has 118 valence electrons. The van der Waals surface area contributed by atoms with E-state index in [0.29, 0.717) is 23.7 Å². The molecule has 0 heterocycles. The van der Waals surface area contributed by atoms with E-state index in [1.807, 2.05) is 0 Å². The zero-order chi connectivity index (χ0) is 15.6. The fourth-order valence-electron chi connectivity index (χ4n) is 4.29. The maximum atomic E-state index is 11.0. The first kappa shape index (κ1) is 16.5. The van der Waals surface area contributed by atoms with Gasteiger partial charge in [-0.2, -0.15) is 0 Å². The molecule has 5 atom stereocenters. The van der Waals surface area contributed by atoms with Crippen LogP contribution in [0.15, 0.2) is 35.5 Å². The zero-order valence-electron chi connectivity index (χ0n) is 14.2. The predicted octanol–water partition coefficient (Wildman–Crippen LogP) is 5.28. The molecule has 2 aliphatic carbocycles. The van der Waals surface area contributed by atoms with Crippen LogP contribution in [0.5, 0.6) is 0 Å². The average molecular weight is 288 g/mol. The van der Waals surface area contributed by atoms with E-state index in [9.17, 15) is 5.11 Å². The Balaban J connectivity index is 2.07. The minimum absolute atomic E-state index is 0.185. The summed E-state index contributed by atoms with van der Waals surface area (Å²) in [6, 6.07) is 0. The first-order chi connectivity index (χ1) is 9.91. The molecule has 1 fully saturated rings. The minimum atomic E-state index is -0.185. The lowest BCUT2D eigenvalue weighted by Crippen LogP contribution is -2.34. The Bertz CT molecular complexity index is 439. The molecule has 0 amide bonds. The summed E-state index contributed by atoms with van der Waals surface area (Å²) in [5.41, 5.74) is 4.15. The SMILES string of the molecule is C=C1CC[C@@H]([C@H](C)CCC=C(C)C)[C@@H](O)[C@@H]2C(C)=CC[C@@H]12. The van der Waals surface area contributed by atoms with E-state index in [2.05, 4.69) is 46.4 Å². The van der Waals surface area contributed by atoms with Crippen LogP contribution < -0.4 is 0 Å². The van der Waals surface area contributed by atoms with E-state index < -0.39 is 0 Å². The van der Waals surface area contributed by atoms with Crippen LogP contribution in [0.1, 0.15) is 59.8 Å². The van der Waals surface area contributed by atoms with Gasteiger partial charge in [0.05, 0.1) is 6.10 Å². The number of rotatable bonds is 4. The lowest BCUT2D eigenvalue weighted by Gasteiger charge is -2.32. The van der Waals surface area contributed by atoms with E-state index in [1.165, 1.54) is 23.1 Å². The smallest absolute Gasteiger partial charge is 0.0642 e. The number of hydrogen-bond donors (Lipinski definition) is 1. The van der Waals surface area contributed by atoms with Crippen LogP contribution in [0.4, 0.5) is 0 Å². The van der Waals surface area contributed by atoms with E-state index in [1.54, 1.807) is 0 Å². The Labute approximate surface area is 130 Å². The molecule has 0 aromatic heterocycles. The molecule has 0 radical (unpaired) electrons. The van der Waals surface area contributed by atoms with Crippen LogP contribution in [-0.4, -0.2) is 11.2 Å². The number of aliphatic hydroxyl groups excluding tert-OH is 1. The average Bonchev–Trinajstić information content (AvgIpc) is 2.74. The molecule has 0 unspecified atom stereocenters. The Hall–Kier alpha value is -0.820. The molecule has 1 N–H and O–H groups in total. The molecule has 1 saturated carbocycles. The van der Waals surface area contributed by atoms with Crippen molar-refractivity contribution < 1.29 is 5.11 Å². The van der Waals surface area contributed by atoms with Crippen molar-refractivity contribution in [3.8, 4) is 0 Å². The van der Waals surface area contributed by atoms with Gasteiger partial charge in [-0.05, 0) is 70.6 Å². The van der Waals surface area contributed by atoms with E-state index in [-0.39, 0.29) is 6.10 Å². The second-order valence-corrected chi connectivity index (χ2v) is 7.50. The molecular formula is C20H32O. The fourth-order valence-corrected chi connectivity index (χ4v) is 4.29. The Kier molecular flexibility index (Phi) is 5.48. The first-order valence-corrected chi connectivity index (χ1v) is 8.57. The third-order valence-electron chi connectivity index (χ3n) is 5.69. The van der Waals surface area contributed by atoms with Gasteiger partial charge in [-0.1, -0.05) is 42.4 Å². The van der Waals surface area contributed by atoms with E-state index >= 15 is 0 Å². The monoisotopic (exact) mass is 288 g/mol. The number of fused-ring (bicyclic) bond motifs is 1. The largest absolute Gasteiger partial charge is 0.392 e. The molecule has 1 heteroatoms. The van der Waals surface area contributed by atoms with Gasteiger partial charge in [-0.25, -0.2) is 0 Å². The number of allylic oxidation sites excluding steroid dienone is 4. The van der Waals surface area contributed by atoms with Crippen molar-refractivity contribution in [1.82, 2.24) is 0 Å². The fraction of sp³-hybridized carbons (Fsp3) is 0.700. The Morgan fingerprint density at radius 2 is 2.19 bits per heavy atom. The van der Waals surface area contributed by atoms with Gasteiger partial charge in [0.1, 0.15) is 0 Å².